The summed E-state index contributed by atoms with van der Waals surface area (Å²) < 4.78 is 5.08. The minimum atomic E-state index is 0.391. The smallest absolute Gasteiger partial charge is 0.212 e. The van der Waals surface area contributed by atoms with E-state index in [1.807, 2.05) is 12.1 Å². The highest BCUT2D eigenvalue weighted by atomic mass is 16.5. The fourth-order valence-electron chi connectivity index (χ4n) is 2.58. The Labute approximate surface area is 153 Å². The number of pyridine rings is 1. The highest BCUT2D eigenvalue weighted by Crippen LogP contribution is 2.07. The van der Waals surface area contributed by atoms with Gasteiger partial charge in [0.2, 0.25) is 5.88 Å². The number of aliphatic imine (C=N–C) groups is 1. The third kappa shape index (κ3) is 8.72. The quantitative estimate of drug-likeness (QED) is 0.475. The average molecular weight is 350 g/mol. The molecule has 0 aliphatic heterocycles. The number of hydrogen-bond acceptors (Lipinski definition) is 4. The van der Waals surface area contributed by atoms with Crippen LogP contribution in [0.3, 0.4) is 0 Å². The van der Waals surface area contributed by atoms with Gasteiger partial charge < -0.3 is 20.3 Å². The van der Waals surface area contributed by atoms with Crippen LogP contribution in [0.1, 0.15) is 46.1 Å². The summed E-state index contributed by atoms with van der Waals surface area (Å²) in [5, 5.41) is 6.81. The Morgan fingerprint density at radius 2 is 2.04 bits per heavy atom. The molecule has 6 heteroatoms. The summed E-state index contributed by atoms with van der Waals surface area (Å²) in [6, 6.07) is 4.25. The normalized spacial score (nSPS) is 13.0. The molecule has 0 aromatic carbocycles. The number of nitrogens with one attached hydrogen (secondary N) is 2. The van der Waals surface area contributed by atoms with Gasteiger partial charge in [0.1, 0.15) is 0 Å². The summed E-state index contributed by atoms with van der Waals surface area (Å²) in [7, 11) is 1.62. The molecule has 0 amide bonds. The highest BCUT2D eigenvalue weighted by molar-refractivity contribution is 5.80. The van der Waals surface area contributed by atoms with Crippen LogP contribution >= 0.6 is 0 Å². The lowest BCUT2D eigenvalue weighted by atomic mass is 10.2. The molecular weight excluding hydrogens is 314 g/mol. The lowest BCUT2D eigenvalue weighted by Gasteiger charge is -2.21. The molecule has 0 saturated heterocycles. The molecule has 1 heterocycles. The molecule has 0 radical (unpaired) electrons. The molecule has 0 aliphatic rings. The SMILES string of the molecule is CCNC(=NCc1ccc(OC)nc1)NC(C)CCCN(CC)CC. The zero-order chi connectivity index (χ0) is 18.5. The van der Waals surface area contributed by atoms with Crippen molar-refractivity contribution in [3.05, 3.63) is 23.9 Å². The minimum Gasteiger partial charge on any atom is -0.481 e. The van der Waals surface area contributed by atoms with Crippen LogP contribution in [0, 0.1) is 0 Å². The van der Waals surface area contributed by atoms with Gasteiger partial charge in [0.25, 0.3) is 0 Å². The number of hydrogen-bond donors (Lipinski definition) is 2. The van der Waals surface area contributed by atoms with E-state index in [0.29, 0.717) is 18.5 Å². The molecule has 2 N–H and O–H groups in total. The van der Waals surface area contributed by atoms with E-state index < -0.39 is 0 Å². The Kier molecular flexibility index (Phi) is 10.6. The van der Waals surface area contributed by atoms with Crippen LogP contribution in [-0.2, 0) is 6.54 Å². The Bertz CT molecular complexity index is 485. The third-order valence-corrected chi connectivity index (χ3v) is 4.16. The molecule has 6 nitrogen and oxygen atoms in total. The summed E-state index contributed by atoms with van der Waals surface area (Å²) >= 11 is 0. The van der Waals surface area contributed by atoms with E-state index in [1.54, 1.807) is 13.3 Å². The summed E-state index contributed by atoms with van der Waals surface area (Å²) in [6.45, 7) is 13.6. The van der Waals surface area contributed by atoms with E-state index in [4.69, 9.17) is 4.74 Å². The minimum absolute atomic E-state index is 0.391. The molecule has 1 atom stereocenters. The molecule has 1 unspecified atom stereocenters. The maximum Gasteiger partial charge on any atom is 0.212 e. The van der Waals surface area contributed by atoms with Crippen LogP contribution in [0.2, 0.25) is 0 Å². The molecule has 0 bridgehead atoms. The Balaban J connectivity index is 2.48. The molecule has 142 valence electrons. The van der Waals surface area contributed by atoms with Crippen molar-refractivity contribution in [3.63, 3.8) is 0 Å². The van der Waals surface area contributed by atoms with Crippen molar-refractivity contribution in [2.75, 3.05) is 33.3 Å². The molecule has 0 fully saturated rings. The Morgan fingerprint density at radius 1 is 1.28 bits per heavy atom. The second-order valence-corrected chi connectivity index (χ2v) is 6.12. The molecular formula is C19H35N5O. The number of methoxy groups -OCH3 is 1. The first-order valence-electron chi connectivity index (χ1n) is 9.38. The third-order valence-electron chi connectivity index (χ3n) is 4.16. The van der Waals surface area contributed by atoms with Gasteiger partial charge in [0.05, 0.1) is 13.7 Å². The fourth-order valence-corrected chi connectivity index (χ4v) is 2.58. The van der Waals surface area contributed by atoms with Gasteiger partial charge in [-0.05, 0) is 51.9 Å². The van der Waals surface area contributed by atoms with E-state index in [-0.39, 0.29) is 0 Å². The van der Waals surface area contributed by atoms with Gasteiger partial charge in [-0.25, -0.2) is 9.98 Å². The van der Waals surface area contributed by atoms with Crippen LogP contribution in [0.5, 0.6) is 5.88 Å². The lowest BCUT2D eigenvalue weighted by Crippen LogP contribution is -2.42. The Morgan fingerprint density at radius 3 is 2.60 bits per heavy atom. The van der Waals surface area contributed by atoms with Gasteiger partial charge in [0.15, 0.2) is 5.96 Å². The van der Waals surface area contributed by atoms with E-state index in [0.717, 1.165) is 44.1 Å². The van der Waals surface area contributed by atoms with Gasteiger partial charge >= 0.3 is 0 Å². The lowest BCUT2D eigenvalue weighted by molar-refractivity contribution is 0.292. The molecule has 0 aliphatic carbocycles. The standard InChI is InChI=1S/C19H35N5O/c1-6-20-19(22-15-17-11-12-18(25-5)21-14-17)23-16(4)10-9-13-24(7-2)8-3/h11-12,14,16H,6-10,13,15H2,1-5H3,(H2,20,22,23). The first-order chi connectivity index (χ1) is 12.1. The monoisotopic (exact) mass is 349 g/mol. The summed E-state index contributed by atoms with van der Waals surface area (Å²) in [5.74, 6) is 1.48. The second kappa shape index (κ2) is 12.5. The van der Waals surface area contributed by atoms with Crippen molar-refractivity contribution >= 4 is 5.96 Å². The second-order valence-electron chi connectivity index (χ2n) is 6.12. The fraction of sp³-hybridized carbons (Fsp3) is 0.684. The predicted molar refractivity (Wildman–Crippen MR) is 105 cm³/mol. The van der Waals surface area contributed by atoms with E-state index in [2.05, 4.69) is 53.2 Å². The number of rotatable bonds is 11. The summed E-state index contributed by atoms with van der Waals surface area (Å²) in [5.41, 5.74) is 1.06. The van der Waals surface area contributed by atoms with Crippen molar-refractivity contribution in [2.24, 2.45) is 4.99 Å². The average Bonchev–Trinajstić information content (AvgIpc) is 2.64. The van der Waals surface area contributed by atoms with Crippen LogP contribution in [-0.4, -0.2) is 55.2 Å². The largest absolute Gasteiger partial charge is 0.481 e. The van der Waals surface area contributed by atoms with Crippen molar-refractivity contribution in [2.45, 2.75) is 53.1 Å². The number of ether oxygens (including phenoxy) is 1. The van der Waals surface area contributed by atoms with Gasteiger partial charge in [0, 0.05) is 24.8 Å². The van der Waals surface area contributed by atoms with Gasteiger partial charge in [-0.15, -0.1) is 0 Å². The van der Waals surface area contributed by atoms with E-state index >= 15 is 0 Å². The van der Waals surface area contributed by atoms with E-state index in [1.165, 1.54) is 6.42 Å². The molecule has 1 rings (SSSR count). The van der Waals surface area contributed by atoms with Gasteiger partial charge in [-0.2, -0.15) is 0 Å². The van der Waals surface area contributed by atoms with Gasteiger partial charge in [-0.1, -0.05) is 19.9 Å². The van der Waals surface area contributed by atoms with Gasteiger partial charge in [-0.3, -0.25) is 0 Å². The molecule has 1 aromatic rings. The van der Waals surface area contributed by atoms with Crippen molar-refractivity contribution < 1.29 is 4.74 Å². The topological polar surface area (TPSA) is 61.8 Å². The van der Waals surface area contributed by atoms with Crippen LogP contribution < -0.4 is 15.4 Å². The first kappa shape index (κ1) is 21.2. The number of guanidine groups is 1. The predicted octanol–water partition coefficient (Wildman–Crippen LogP) is 2.66. The maximum absolute atomic E-state index is 5.08. The molecule has 0 saturated carbocycles. The van der Waals surface area contributed by atoms with E-state index in [9.17, 15) is 0 Å². The highest BCUT2D eigenvalue weighted by Gasteiger charge is 2.06. The van der Waals surface area contributed by atoms with Crippen molar-refractivity contribution in [1.29, 1.82) is 0 Å². The maximum atomic E-state index is 5.08. The van der Waals surface area contributed by atoms with Crippen LogP contribution in [0.4, 0.5) is 0 Å². The van der Waals surface area contributed by atoms with Crippen LogP contribution in [0.25, 0.3) is 0 Å². The zero-order valence-electron chi connectivity index (χ0n) is 16.5. The summed E-state index contributed by atoms with van der Waals surface area (Å²) in [6.07, 6.45) is 4.13. The Hall–Kier alpha value is -1.82. The number of nitrogens with zero attached hydrogens (tertiary/aromatic N) is 3. The number of aromatic nitrogens is 1. The molecule has 1 aromatic heterocycles. The zero-order valence-corrected chi connectivity index (χ0v) is 16.5. The first-order valence-corrected chi connectivity index (χ1v) is 9.38. The molecule has 25 heavy (non-hydrogen) atoms. The van der Waals surface area contributed by atoms with Crippen molar-refractivity contribution in [1.82, 2.24) is 20.5 Å². The van der Waals surface area contributed by atoms with Crippen molar-refractivity contribution in [3.8, 4) is 5.88 Å². The van der Waals surface area contributed by atoms with Crippen LogP contribution in [0.15, 0.2) is 23.3 Å². The summed E-state index contributed by atoms with van der Waals surface area (Å²) in [4.78, 5) is 11.3. The molecule has 0 spiro atoms.